The summed E-state index contributed by atoms with van der Waals surface area (Å²) in [6, 6.07) is 0. The van der Waals surface area contributed by atoms with Crippen LogP contribution in [0.4, 0.5) is 0 Å². The topological polar surface area (TPSA) is 144 Å². The van der Waals surface area contributed by atoms with Crippen molar-refractivity contribution in [2.24, 2.45) is 0 Å². The predicted molar refractivity (Wildman–Crippen MR) is 56.1 cm³/mol. The molecule has 0 saturated carbocycles. The van der Waals surface area contributed by atoms with Crippen LogP contribution in [0.15, 0.2) is 25.7 Å². The predicted octanol–water partition coefficient (Wildman–Crippen LogP) is -8.18. The molecule has 1 N–H and O–H groups in total. The Hall–Kier alpha value is 0.130. The molecule has 1 atom stereocenters. The Bertz CT molecular complexity index is 427. The summed E-state index contributed by atoms with van der Waals surface area (Å²) in [7, 11) is -5.04. The van der Waals surface area contributed by atoms with Gasteiger partial charge in [0, 0.05) is 12.4 Å². The fourth-order valence-corrected chi connectivity index (χ4v) is 1.12. The Morgan fingerprint density at radius 1 is 1.25 bits per heavy atom. The summed E-state index contributed by atoms with van der Waals surface area (Å²) in [6.45, 7) is 7.04. The minimum Gasteiger partial charge on any atom is -0.550 e. The van der Waals surface area contributed by atoms with Crippen molar-refractivity contribution in [2.75, 3.05) is 0 Å². The van der Waals surface area contributed by atoms with Gasteiger partial charge in [-0.3, -0.25) is 4.55 Å². The standard InChI is InChI=1S/C5H8O7S.C4H6O.2Na/c1-5(4(8)9,2-3(6)7)13(10,11)12;1-3-5-4-2;;/h2H2,1H3,(H,6,7)(H,8,9)(H,10,11,12);3-4H,1-2H2;;/q;;2*+1/p-2. The van der Waals surface area contributed by atoms with Gasteiger partial charge in [-0.15, -0.1) is 0 Å². The summed E-state index contributed by atoms with van der Waals surface area (Å²) in [4.78, 5) is 20.3. The van der Waals surface area contributed by atoms with Gasteiger partial charge >= 0.3 is 59.1 Å². The van der Waals surface area contributed by atoms with Crippen LogP contribution in [0.3, 0.4) is 0 Å². The fraction of sp³-hybridized carbons (Fsp3) is 0.333. The van der Waals surface area contributed by atoms with E-state index in [0.29, 0.717) is 6.92 Å². The molecule has 0 aromatic rings. The van der Waals surface area contributed by atoms with Gasteiger partial charge in [0.25, 0.3) is 10.1 Å². The maximum Gasteiger partial charge on any atom is 1.00 e. The molecule has 0 fully saturated rings. The van der Waals surface area contributed by atoms with Crippen LogP contribution in [0.25, 0.3) is 0 Å². The zero-order valence-corrected chi connectivity index (χ0v) is 16.3. The number of aliphatic carboxylic acids is 2. The SMILES string of the molecule is C=COC=C.CC(CC(=O)[O-])(C(=O)[O-])S(=O)(=O)O.[Na+].[Na+]. The van der Waals surface area contributed by atoms with E-state index in [1.54, 1.807) is 0 Å². The number of carboxylic acids is 2. The molecule has 20 heavy (non-hydrogen) atoms. The van der Waals surface area contributed by atoms with Crippen molar-refractivity contribution in [1.29, 1.82) is 0 Å². The van der Waals surface area contributed by atoms with Crippen LogP contribution in [0.2, 0.25) is 0 Å². The number of ether oxygens (including phenoxy) is 1. The summed E-state index contributed by atoms with van der Waals surface area (Å²) in [5, 5.41) is 20.3. The van der Waals surface area contributed by atoms with E-state index in [1.807, 2.05) is 0 Å². The quantitative estimate of drug-likeness (QED) is 0.288. The molecule has 0 rings (SSSR count). The molecular weight excluding hydrogens is 314 g/mol. The van der Waals surface area contributed by atoms with Gasteiger partial charge in [0.15, 0.2) is 0 Å². The van der Waals surface area contributed by atoms with E-state index in [4.69, 9.17) is 4.55 Å². The van der Waals surface area contributed by atoms with E-state index in [2.05, 4.69) is 17.9 Å². The first-order valence-corrected chi connectivity index (χ1v) is 5.72. The third kappa shape index (κ3) is 10.9. The third-order valence-corrected chi connectivity index (χ3v) is 3.12. The summed E-state index contributed by atoms with van der Waals surface area (Å²) in [5.41, 5.74) is 0. The molecule has 104 valence electrons. The van der Waals surface area contributed by atoms with Crippen LogP contribution < -0.4 is 69.3 Å². The maximum absolute atomic E-state index is 10.5. The number of carboxylic acid groups (broad SMARTS) is 2. The van der Waals surface area contributed by atoms with Crippen LogP contribution in [0.5, 0.6) is 0 Å². The van der Waals surface area contributed by atoms with Gasteiger partial charge in [-0.25, -0.2) is 0 Å². The molecule has 0 aliphatic rings. The number of hydrogen-bond donors (Lipinski definition) is 1. The Morgan fingerprint density at radius 3 is 1.65 bits per heavy atom. The van der Waals surface area contributed by atoms with Crippen molar-refractivity contribution in [2.45, 2.75) is 18.1 Å². The number of carbonyl (C=O) groups excluding carboxylic acids is 2. The fourth-order valence-electron chi connectivity index (χ4n) is 0.612. The Kier molecular flexibility index (Phi) is 18.2. The smallest absolute Gasteiger partial charge is 0.550 e. The van der Waals surface area contributed by atoms with Gasteiger partial charge < -0.3 is 24.5 Å². The monoisotopic (exact) mass is 326 g/mol. The molecule has 0 amide bonds. The first kappa shape index (κ1) is 28.3. The van der Waals surface area contributed by atoms with Crippen molar-refractivity contribution in [3.05, 3.63) is 25.7 Å². The second-order valence-electron chi connectivity index (χ2n) is 3.01. The molecule has 0 bridgehead atoms. The summed E-state index contributed by atoms with van der Waals surface area (Å²) in [5.74, 6) is -4.11. The van der Waals surface area contributed by atoms with Crippen molar-refractivity contribution in [3.63, 3.8) is 0 Å². The summed E-state index contributed by atoms with van der Waals surface area (Å²) in [6.07, 6.45) is 1.26. The van der Waals surface area contributed by atoms with E-state index >= 15 is 0 Å². The van der Waals surface area contributed by atoms with Crippen molar-refractivity contribution in [3.8, 4) is 0 Å². The molecule has 0 radical (unpaired) electrons. The van der Waals surface area contributed by atoms with Crippen molar-refractivity contribution in [1.82, 2.24) is 0 Å². The first-order chi connectivity index (χ1) is 8.02. The van der Waals surface area contributed by atoms with Crippen LogP contribution in [-0.2, 0) is 24.4 Å². The van der Waals surface area contributed by atoms with Crippen LogP contribution in [0, 0.1) is 0 Å². The summed E-state index contributed by atoms with van der Waals surface area (Å²) >= 11 is 0. The minimum atomic E-state index is -5.04. The minimum absolute atomic E-state index is 0. The average Bonchev–Trinajstić information content (AvgIpc) is 2.16. The van der Waals surface area contributed by atoms with Crippen molar-refractivity contribution < 1.29 is 96.6 Å². The molecule has 0 spiro atoms. The van der Waals surface area contributed by atoms with Crippen LogP contribution in [-0.4, -0.2) is 29.7 Å². The molecule has 0 aliphatic carbocycles. The summed E-state index contributed by atoms with van der Waals surface area (Å²) < 4.78 is 30.9. The largest absolute Gasteiger partial charge is 1.00 e. The maximum atomic E-state index is 10.5. The Balaban J connectivity index is -0.000000158. The second-order valence-corrected chi connectivity index (χ2v) is 4.86. The molecule has 0 saturated heterocycles. The molecular formula is C9H12Na2O8S. The van der Waals surface area contributed by atoms with Gasteiger partial charge in [0.05, 0.1) is 18.5 Å². The zero-order chi connectivity index (χ0) is 15.0. The molecule has 0 aliphatic heterocycles. The third-order valence-electron chi connectivity index (χ3n) is 1.68. The van der Waals surface area contributed by atoms with Gasteiger partial charge in [0.1, 0.15) is 4.75 Å². The average molecular weight is 326 g/mol. The van der Waals surface area contributed by atoms with Crippen LogP contribution in [0.1, 0.15) is 13.3 Å². The second kappa shape index (κ2) is 12.8. The normalized spacial score (nSPS) is 11.9. The number of hydrogen-bond acceptors (Lipinski definition) is 7. The number of carbonyl (C=O) groups is 2. The van der Waals surface area contributed by atoms with Gasteiger partial charge in [-0.2, -0.15) is 8.42 Å². The zero-order valence-electron chi connectivity index (χ0n) is 11.5. The van der Waals surface area contributed by atoms with Crippen molar-refractivity contribution >= 4 is 22.1 Å². The molecule has 0 heterocycles. The van der Waals surface area contributed by atoms with E-state index in [1.165, 1.54) is 12.5 Å². The van der Waals surface area contributed by atoms with Gasteiger partial charge in [-0.05, 0) is 6.92 Å². The van der Waals surface area contributed by atoms with Crippen LogP contribution >= 0.6 is 0 Å². The first-order valence-electron chi connectivity index (χ1n) is 4.28. The molecule has 11 heteroatoms. The molecule has 0 aromatic heterocycles. The number of rotatable bonds is 6. The van der Waals surface area contributed by atoms with Gasteiger partial charge in [-0.1, -0.05) is 13.2 Å². The molecule has 0 aromatic carbocycles. The van der Waals surface area contributed by atoms with Gasteiger partial charge in [0.2, 0.25) is 0 Å². The Labute approximate surface area is 161 Å². The van der Waals surface area contributed by atoms with E-state index in [-0.39, 0.29) is 59.1 Å². The Morgan fingerprint density at radius 2 is 1.60 bits per heavy atom. The molecule has 1 unspecified atom stereocenters. The van der Waals surface area contributed by atoms with E-state index in [0.717, 1.165) is 0 Å². The van der Waals surface area contributed by atoms with E-state index in [9.17, 15) is 28.2 Å². The molecule has 8 nitrogen and oxygen atoms in total. The van der Waals surface area contributed by atoms with E-state index < -0.39 is 33.2 Å².